The van der Waals surface area contributed by atoms with E-state index in [1.54, 1.807) is 37.4 Å². The molecule has 2 atom stereocenters. The number of hydrogen-bond acceptors (Lipinski definition) is 4. The first-order chi connectivity index (χ1) is 9.67. The number of benzene rings is 2. The van der Waals surface area contributed by atoms with E-state index in [4.69, 9.17) is 9.47 Å². The topological polar surface area (TPSA) is 58.9 Å². The summed E-state index contributed by atoms with van der Waals surface area (Å²) in [6.07, 6.45) is -0.307. The zero-order valence-corrected chi connectivity index (χ0v) is 11.1. The molecular formula is C16H16O4. The highest BCUT2D eigenvalue weighted by atomic mass is 16.5. The first-order valence-corrected chi connectivity index (χ1v) is 6.49. The Morgan fingerprint density at radius 1 is 1.15 bits per heavy atom. The van der Waals surface area contributed by atoms with Gasteiger partial charge in [0, 0.05) is 18.1 Å². The molecule has 0 aliphatic carbocycles. The Labute approximate surface area is 117 Å². The highest BCUT2D eigenvalue weighted by Gasteiger charge is 2.28. The number of phenolic OH excluding ortho intramolecular Hbond substituents is 1. The largest absolute Gasteiger partial charge is 0.508 e. The van der Waals surface area contributed by atoms with Crippen molar-refractivity contribution >= 4 is 0 Å². The van der Waals surface area contributed by atoms with Gasteiger partial charge in [0.15, 0.2) is 0 Å². The quantitative estimate of drug-likeness (QED) is 0.882. The Morgan fingerprint density at radius 3 is 2.60 bits per heavy atom. The number of phenols is 1. The van der Waals surface area contributed by atoms with Crippen molar-refractivity contribution in [2.75, 3.05) is 7.11 Å². The fourth-order valence-electron chi connectivity index (χ4n) is 2.44. The van der Waals surface area contributed by atoms with E-state index in [0.717, 1.165) is 11.1 Å². The van der Waals surface area contributed by atoms with Gasteiger partial charge in [-0.25, -0.2) is 0 Å². The molecule has 104 valence electrons. The van der Waals surface area contributed by atoms with Crippen LogP contribution in [-0.2, 0) is 0 Å². The molecule has 0 amide bonds. The molecule has 1 aliphatic rings. The van der Waals surface area contributed by atoms with Crippen LogP contribution in [-0.4, -0.2) is 17.3 Å². The number of rotatable bonds is 2. The SMILES string of the molecule is COc1ccc2c(c1)OC(c1ccc(O)cc1)CC2O. The fraction of sp³-hybridized carbons (Fsp3) is 0.250. The molecule has 4 heteroatoms. The average Bonchev–Trinajstić information content (AvgIpc) is 2.47. The first-order valence-electron chi connectivity index (χ1n) is 6.49. The van der Waals surface area contributed by atoms with Gasteiger partial charge in [-0.1, -0.05) is 12.1 Å². The van der Waals surface area contributed by atoms with Gasteiger partial charge in [-0.3, -0.25) is 0 Å². The molecule has 0 bridgehead atoms. The third kappa shape index (κ3) is 2.30. The zero-order chi connectivity index (χ0) is 14.1. The Hall–Kier alpha value is -2.20. The van der Waals surface area contributed by atoms with Crippen LogP contribution in [0.4, 0.5) is 0 Å². The molecule has 0 fully saturated rings. The third-order valence-corrected chi connectivity index (χ3v) is 3.55. The maximum Gasteiger partial charge on any atom is 0.129 e. The summed E-state index contributed by atoms with van der Waals surface area (Å²) in [5.41, 5.74) is 1.70. The predicted molar refractivity (Wildman–Crippen MR) is 74.0 cm³/mol. The average molecular weight is 272 g/mol. The molecule has 2 N–H and O–H groups in total. The monoisotopic (exact) mass is 272 g/mol. The van der Waals surface area contributed by atoms with E-state index in [1.807, 2.05) is 12.1 Å². The molecule has 20 heavy (non-hydrogen) atoms. The van der Waals surface area contributed by atoms with E-state index in [1.165, 1.54) is 0 Å². The van der Waals surface area contributed by atoms with Gasteiger partial charge in [-0.05, 0) is 29.8 Å². The number of fused-ring (bicyclic) bond motifs is 1. The second kappa shape index (κ2) is 5.06. The number of hydrogen-bond donors (Lipinski definition) is 2. The minimum atomic E-state index is -0.566. The molecule has 0 spiro atoms. The molecule has 2 aromatic carbocycles. The summed E-state index contributed by atoms with van der Waals surface area (Å²) in [6, 6.07) is 12.3. The smallest absolute Gasteiger partial charge is 0.129 e. The van der Waals surface area contributed by atoms with E-state index >= 15 is 0 Å². The maximum absolute atomic E-state index is 10.2. The number of methoxy groups -OCH3 is 1. The Kier molecular flexibility index (Phi) is 3.24. The third-order valence-electron chi connectivity index (χ3n) is 3.55. The maximum atomic E-state index is 10.2. The second-order valence-corrected chi connectivity index (χ2v) is 4.85. The minimum absolute atomic E-state index is 0.215. The first kappa shape index (κ1) is 12.8. The van der Waals surface area contributed by atoms with Gasteiger partial charge in [0.05, 0.1) is 13.2 Å². The van der Waals surface area contributed by atoms with Crippen molar-refractivity contribution in [3.8, 4) is 17.2 Å². The predicted octanol–water partition coefficient (Wildman–Crippen LogP) is 2.96. The van der Waals surface area contributed by atoms with Crippen LogP contribution in [0.2, 0.25) is 0 Å². The molecule has 0 saturated heterocycles. The summed E-state index contributed by atoms with van der Waals surface area (Å²) in [4.78, 5) is 0. The highest BCUT2D eigenvalue weighted by Crippen LogP contribution is 2.42. The molecule has 0 saturated carbocycles. The van der Waals surface area contributed by atoms with Gasteiger partial charge in [0.2, 0.25) is 0 Å². The number of aliphatic hydroxyl groups excluding tert-OH is 1. The fourth-order valence-corrected chi connectivity index (χ4v) is 2.44. The second-order valence-electron chi connectivity index (χ2n) is 4.85. The van der Waals surface area contributed by atoms with E-state index in [-0.39, 0.29) is 11.9 Å². The van der Waals surface area contributed by atoms with Gasteiger partial charge in [-0.2, -0.15) is 0 Å². The highest BCUT2D eigenvalue weighted by molar-refractivity contribution is 5.44. The lowest BCUT2D eigenvalue weighted by molar-refractivity contribution is 0.0655. The van der Waals surface area contributed by atoms with Crippen molar-refractivity contribution in [2.45, 2.75) is 18.6 Å². The summed E-state index contributed by atoms with van der Waals surface area (Å²) in [7, 11) is 1.60. The summed E-state index contributed by atoms with van der Waals surface area (Å²) in [6.45, 7) is 0. The Balaban J connectivity index is 1.92. The summed E-state index contributed by atoms with van der Waals surface area (Å²) >= 11 is 0. The molecule has 1 aliphatic heterocycles. The van der Waals surface area contributed by atoms with E-state index in [2.05, 4.69) is 0 Å². The van der Waals surface area contributed by atoms with Crippen molar-refractivity contribution in [1.29, 1.82) is 0 Å². The number of aromatic hydroxyl groups is 1. The van der Waals surface area contributed by atoms with Crippen molar-refractivity contribution in [3.63, 3.8) is 0 Å². The minimum Gasteiger partial charge on any atom is -0.508 e. The molecule has 2 unspecified atom stereocenters. The van der Waals surface area contributed by atoms with Gasteiger partial charge in [0.1, 0.15) is 23.4 Å². The van der Waals surface area contributed by atoms with Crippen LogP contribution >= 0.6 is 0 Å². The lowest BCUT2D eigenvalue weighted by atomic mass is 9.95. The lowest BCUT2D eigenvalue weighted by Crippen LogP contribution is -2.19. The standard InChI is InChI=1S/C16H16O4/c1-19-12-6-7-13-14(18)9-15(20-16(13)8-12)10-2-4-11(17)5-3-10/h2-8,14-15,17-18H,9H2,1H3. The lowest BCUT2D eigenvalue weighted by Gasteiger charge is -2.30. The van der Waals surface area contributed by atoms with Crippen molar-refractivity contribution in [3.05, 3.63) is 53.6 Å². The summed E-state index contributed by atoms with van der Waals surface area (Å²) in [5.74, 6) is 1.55. The van der Waals surface area contributed by atoms with Crippen LogP contribution in [0.15, 0.2) is 42.5 Å². The van der Waals surface area contributed by atoms with Crippen LogP contribution in [0.1, 0.15) is 29.8 Å². The molecule has 2 aromatic rings. The van der Waals surface area contributed by atoms with E-state index in [0.29, 0.717) is 17.9 Å². The van der Waals surface area contributed by atoms with Crippen molar-refractivity contribution in [2.24, 2.45) is 0 Å². The van der Waals surface area contributed by atoms with Gasteiger partial charge >= 0.3 is 0 Å². The van der Waals surface area contributed by atoms with Crippen LogP contribution in [0.3, 0.4) is 0 Å². The van der Waals surface area contributed by atoms with Crippen LogP contribution in [0, 0.1) is 0 Å². The molecule has 0 radical (unpaired) electrons. The van der Waals surface area contributed by atoms with Crippen molar-refractivity contribution in [1.82, 2.24) is 0 Å². The van der Waals surface area contributed by atoms with Gasteiger partial charge in [0.25, 0.3) is 0 Å². The zero-order valence-electron chi connectivity index (χ0n) is 11.1. The normalized spacial score (nSPS) is 20.9. The van der Waals surface area contributed by atoms with Crippen LogP contribution in [0.25, 0.3) is 0 Å². The van der Waals surface area contributed by atoms with Crippen molar-refractivity contribution < 1.29 is 19.7 Å². The molecule has 3 rings (SSSR count). The van der Waals surface area contributed by atoms with Gasteiger partial charge in [-0.15, -0.1) is 0 Å². The van der Waals surface area contributed by atoms with E-state index < -0.39 is 6.10 Å². The summed E-state index contributed by atoms with van der Waals surface area (Å²) in [5, 5.41) is 19.6. The Bertz CT molecular complexity index is 606. The number of ether oxygens (including phenoxy) is 2. The van der Waals surface area contributed by atoms with Crippen LogP contribution < -0.4 is 9.47 Å². The van der Waals surface area contributed by atoms with Gasteiger partial charge < -0.3 is 19.7 Å². The molecule has 4 nitrogen and oxygen atoms in total. The number of aliphatic hydroxyl groups is 1. The van der Waals surface area contributed by atoms with E-state index in [9.17, 15) is 10.2 Å². The van der Waals surface area contributed by atoms with Crippen LogP contribution in [0.5, 0.6) is 17.2 Å². The Morgan fingerprint density at radius 2 is 1.90 bits per heavy atom. The molecule has 0 aromatic heterocycles. The molecule has 1 heterocycles. The summed E-state index contributed by atoms with van der Waals surface area (Å²) < 4.78 is 11.1. The molecular weight excluding hydrogens is 256 g/mol.